The SMILES string of the molecule is O=C(c1ccc(CN2C(=O)CNC2=O)cc1)N1CCN(c2ccccc2F)CC1. The molecule has 4 rings (SSSR count). The number of amides is 4. The van der Waals surface area contributed by atoms with Crippen molar-refractivity contribution in [3.63, 3.8) is 0 Å². The Morgan fingerprint density at radius 1 is 0.966 bits per heavy atom. The zero-order chi connectivity index (χ0) is 20.4. The summed E-state index contributed by atoms with van der Waals surface area (Å²) in [6.45, 7) is 2.36. The van der Waals surface area contributed by atoms with E-state index in [0.29, 0.717) is 37.4 Å². The molecule has 2 heterocycles. The summed E-state index contributed by atoms with van der Waals surface area (Å²) < 4.78 is 14.0. The highest BCUT2D eigenvalue weighted by Crippen LogP contribution is 2.21. The third kappa shape index (κ3) is 3.91. The Morgan fingerprint density at radius 2 is 1.66 bits per heavy atom. The minimum Gasteiger partial charge on any atom is -0.366 e. The van der Waals surface area contributed by atoms with Gasteiger partial charge in [0, 0.05) is 31.7 Å². The lowest BCUT2D eigenvalue weighted by molar-refractivity contribution is -0.125. The molecule has 0 bridgehead atoms. The van der Waals surface area contributed by atoms with Crippen LogP contribution in [-0.2, 0) is 11.3 Å². The number of hydrogen-bond acceptors (Lipinski definition) is 4. The van der Waals surface area contributed by atoms with Crippen molar-refractivity contribution in [3.8, 4) is 0 Å². The summed E-state index contributed by atoms with van der Waals surface area (Å²) in [5, 5.41) is 2.48. The number of piperazine rings is 1. The zero-order valence-corrected chi connectivity index (χ0v) is 15.8. The average Bonchev–Trinajstić information content (AvgIpc) is 3.06. The van der Waals surface area contributed by atoms with Gasteiger partial charge in [0.1, 0.15) is 5.82 Å². The number of benzene rings is 2. The molecule has 2 fully saturated rings. The van der Waals surface area contributed by atoms with Crippen LogP contribution < -0.4 is 10.2 Å². The van der Waals surface area contributed by atoms with E-state index in [2.05, 4.69) is 5.32 Å². The first-order chi connectivity index (χ1) is 14.0. The van der Waals surface area contributed by atoms with E-state index in [1.165, 1.54) is 6.07 Å². The molecule has 0 radical (unpaired) electrons. The lowest BCUT2D eigenvalue weighted by Gasteiger charge is -2.36. The number of para-hydroxylation sites is 1. The molecule has 8 heteroatoms. The van der Waals surface area contributed by atoms with Crippen molar-refractivity contribution in [3.05, 3.63) is 65.5 Å². The Kier molecular flexibility index (Phi) is 5.16. The molecule has 1 N–H and O–H groups in total. The Labute approximate surface area is 167 Å². The van der Waals surface area contributed by atoms with E-state index in [9.17, 15) is 18.8 Å². The van der Waals surface area contributed by atoms with Crippen LogP contribution in [0.2, 0.25) is 0 Å². The molecule has 2 saturated heterocycles. The van der Waals surface area contributed by atoms with E-state index in [4.69, 9.17) is 0 Å². The molecule has 29 heavy (non-hydrogen) atoms. The minimum atomic E-state index is -0.400. The fraction of sp³-hybridized carbons (Fsp3) is 0.286. The Bertz CT molecular complexity index is 923. The minimum absolute atomic E-state index is 0.0221. The molecule has 0 saturated carbocycles. The van der Waals surface area contributed by atoms with Crippen LogP contribution >= 0.6 is 0 Å². The van der Waals surface area contributed by atoms with E-state index in [1.807, 2.05) is 4.90 Å². The summed E-state index contributed by atoms with van der Waals surface area (Å²) in [6, 6.07) is 13.2. The molecule has 0 aliphatic carbocycles. The van der Waals surface area contributed by atoms with Gasteiger partial charge in [0.05, 0.1) is 18.8 Å². The Morgan fingerprint density at radius 3 is 2.28 bits per heavy atom. The number of rotatable bonds is 4. The predicted molar refractivity (Wildman–Crippen MR) is 105 cm³/mol. The summed E-state index contributed by atoms with van der Waals surface area (Å²) in [6.07, 6.45) is 0. The van der Waals surface area contributed by atoms with Crippen molar-refractivity contribution in [1.82, 2.24) is 15.1 Å². The zero-order valence-electron chi connectivity index (χ0n) is 15.8. The number of carbonyl (C=O) groups is 3. The first-order valence-corrected chi connectivity index (χ1v) is 9.49. The fourth-order valence-electron chi connectivity index (χ4n) is 3.59. The Balaban J connectivity index is 1.36. The van der Waals surface area contributed by atoms with Gasteiger partial charge in [-0.3, -0.25) is 14.5 Å². The maximum Gasteiger partial charge on any atom is 0.324 e. The summed E-state index contributed by atoms with van der Waals surface area (Å²) >= 11 is 0. The quantitative estimate of drug-likeness (QED) is 0.801. The lowest BCUT2D eigenvalue weighted by Crippen LogP contribution is -2.49. The number of halogens is 1. The maximum absolute atomic E-state index is 14.0. The summed E-state index contributed by atoms with van der Waals surface area (Å²) in [5.74, 6) is -0.601. The molecule has 150 valence electrons. The van der Waals surface area contributed by atoms with Gasteiger partial charge >= 0.3 is 6.03 Å². The molecule has 2 aromatic carbocycles. The van der Waals surface area contributed by atoms with Gasteiger partial charge in [0.15, 0.2) is 0 Å². The van der Waals surface area contributed by atoms with Crippen LogP contribution in [0.5, 0.6) is 0 Å². The van der Waals surface area contributed by atoms with E-state index < -0.39 is 6.03 Å². The molecule has 7 nitrogen and oxygen atoms in total. The molecule has 0 aromatic heterocycles. The van der Waals surface area contributed by atoms with Crippen molar-refractivity contribution in [2.45, 2.75) is 6.54 Å². The molecular formula is C21H21FN4O3. The topological polar surface area (TPSA) is 73.0 Å². The number of carbonyl (C=O) groups excluding carboxylic acids is 3. The van der Waals surface area contributed by atoms with Gasteiger partial charge in [-0.25, -0.2) is 9.18 Å². The molecule has 2 aromatic rings. The molecule has 2 aliphatic heterocycles. The number of anilines is 1. The first kappa shape index (κ1) is 18.9. The smallest absolute Gasteiger partial charge is 0.324 e. The molecular weight excluding hydrogens is 375 g/mol. The average molecular weight is 396 g/mol. The highest BCUT2D eigenvalue weighted by molar-refractivity contribution is 6.01. The van der Waals surface area contributed by atoms with Gasteiger partial charge in [-0.2, -0.15) is 0 Å². The summed E-state index contributed by atoms with van der Waals surface area (Å²) in [5.41, 5.74) is 1.88. The summed E-state index contributed by atoms with van der Waals surface area (Å²) in [7, 11) is 0. The van der Waals surface area contributed by atoms with E-state index in [-0.39, 0.29) is 30.7 Å². The van der Waals surface area contributed by atoms with Gasteiger partial charge in [-0.1, -0.05) is 24.3 Å². The standard InChI is InChI=1S/C21H21FN4O3/c22-17-3-1-2-4-18(17)24-9-11-25(12-10-24)20(28)16-7-5-15(6-8-16)14-26-19(27)13-23-21(26)29/h1-8H,9-14H2,(H,23,29). The molecule has 4 amide bonds. The van der Waals surface area contributed by atoms with Crippen molar-refractivity contribution < 1.29 is 18.8 Å². The van der Waals surface area contributed by atoms with Crippen LogP contribution in [0.25, 0.3) is 0 Å². The van der Waals surface area contributed by atoms with Crippen LogP contribution in [0.15, 0.2) is 48.5 Å². The van der Waals surface area contributed by atoms with Gasteiger partial charge in [0.25, 0.3) is 5.91 Å². The largest absolute Gasteiger partial charge is 0.366 e. The van der Waals surface area contributed by atoms with E-state index >= 15 is 0 Å². The molecule has 0 spiro atoms. The van der Waals surface area contributed by atoms with E-state index in [1.54, 1.807) is 47.4 Å². The van der Waals surface area contributed by atoms with Crippen molar-refractivity contribution in [1.29, 1.82) is 0 Å². The van der Waals surface area contributed by atoms with Crippen molar-refractivity contribution in [2.75, 3.05) is 37.6 Å². The maximum atomic E-state index is 14.0. The monoisotopic (exact) mass is 396 g/mol. The fourth-order valence-corrected chi connectivity index (χ4v) is 3.59. The number of nitrogens with zero attached hydrogens (tertiary/aromatic N) is 3. The van der Waals surface area contributed by atoms with Crippen LogP contribution in [0.4, 0.5) is 14.9 Å². The third-order valence-corrected chi connectivity index (χ3v) is 5.24. The molecule has 0 atom stereocenters. The number of urea groups is 1. The predicted octanol–water partition coefficient (Wildman–Crippen LogP) is 1.84. The summed E-state index contributed by atoms with van der Waals surface area (Å²) in [4.78, 5) is 40.9. The van der Waals surface area contributed by atoms with Crippen molar-refractivity contribution in [2.24, 2.45) is 0 Å². The highest BCUT2D eigenvalue weighted by atomic mass is 19.1. The molecule has 0 unspecified atom stereocenters. The second-order valence-electron chi connectivity index (χ2n) is 7.07. The first-order valence-electron chi connectivity index (χ1n) is 9.49. The van der Waals surface area contributed by atoms with Crippen LogP contribution in [0.1, 0.15) is 15.9 Å². The van der Waals surface area contributed by atoms with Crippen molar-refractivity contribution >= 4 is 23.5 Å². The third-order valence-electron chi connectivity index (χ3n) is 5.24. The second kappa shape index (κ2) is 7.90. The van der Waals surface area contributed by atoms with Crippen LogP contribution in [0, 0.1) is 5.82 Å². The number of hydrogen-bond donors (Lipinski definition) is 1. The number of imide groups is 1. The highest BCUT2D eigenvalue weighted by Gasteiger charge is 2.28. The van der Waals surface area contributed by atoms with Gasteiger partial charge in [0.2, 0.25) is 5.91 Å². The normalized spacial score (nSPS) is 16.9. The molecule has 2 aliphatic rings. The van der Waals surface area contributed by atoms with Gasteiger partial charge in [-0.15, -0.1) is 0 Å². The Hall–Kier alpha value is -3.42. The van der Waals surface area contributed by atoms with E-state index in [0.717, 1.165) is 10.5 Å². The lowest BCUT2D eigenvalue weighted by atomic mass is 10.1. The van der Waals surface area contributed by atoms with Gasteiger partial charge in [-0.05, 0) is 29.8 Å². The van der Waals surface area contributed by atoms with Crippen LogP contribution in [-0.4, -0.2) is 60.4 Å². The van der Waals surface area contributed by atoms with Crippen LogP contribution in [0.3, 0.4) is 0 Å². The van der Waals surface area contributed by atoms with Gasteiger partial charge < -0.3 is 15.1 Å². The second-order valence-corrected chi connectivity index (χ2v) is 7.07. The number of nitrogens with one attached hydrogen (secondary N) is 1.